The lowest BCUT2D eigenvalue weighted by atomic mass is 10.2. The Morgan fingerprint density at radius 3 is 2.32 bits per heavy atom. The fourth-order valence-corrected chi connectivity index (χ4v) is 4.74. The average Bonchev–Trinajstić information content (AvgIpc) is 2.72. The van der Waals surface area contributed by atoms with E-state index in [-0.39, 0.29) is 13.1 Å². The van der Waals surface area contributed by atoms with Gasteiger partial charge in [0.1, 0.15) is 0 Å². The zero-order valence-corrected chi connectivity index (χ0v) is 19.7. The fourth-order valence-electron chi connectivity index (χ4n) is 2.76. The molecule has 0 spiro atoms. The number of nitrogens with one attached hydrogen (secondary N) is 1. The fraction of sp³-hybridized carbons (Fsp3) is 0.136. The van der Waals surface area contributed by atoms with Crippen molar-refractivity contribution in [2.75, 3.05) is 18.1 Å². The summed E-state index contributed by atoms with van der Waals surface area (Å²) in [5, 5.41) is 3.53. The summed E-state index contributed by atoms with van der Waals surface area (Å²) in [4.78, 5) is 14.6. The second-order valence-corrected chi connectivity index (χ2v) is 10.7. The second kappa shape index (κ2) is 10.5. The van der Waals surface area contributed by atoms with E-state index in [1.54, 1.807) is 24.3 Å². The van der Waals surface area contributed by atoms with Gasteiger partial charge in [-0.1, -0.05) is 71.4 Å². The van der Waals surface area contributed by atoms with E-state index in [1.807, 2.05) is 48.5 Å². The topological polar surface area (TPSA) is 66.5 Å². The number of benzene rings is 3. The molecule has 0 unspecified atom stereocenters. The summed E-state index contributed by atoms with van der Waals surface area (Å²) in [7, 11) is -3.64. The van der Waals surface area contributed by atoms with Crippen molar-refractivity contribution in [1.82, 2.24) is 4.31 Å². The molecule has 0 aromatic heterocycles. The van der Waals surface area contributed by atoms with Crippen LogP contribution in [0.2, 0.25) is 10.0 Å². The molecule has 0 aliphatic carbocycles. The molecule has 0 saturated heterocycles. The Morgan fingerprint density at radius 1 is 0.968 bits per heavy atom. The number of halogens is 2. The molecule has 0 atom stereocenters. The maximum atomic E-state index is 12.7. The number of sulfonamides is 1. The summed E-state index contributed by atoms with van der Waals surface area (Å²) >= 11 is 13.5. The van der Waals surface area contributed by atoms with Crippen LogP contribution in [0, 0.1) is 0 Å². The maximum absolute atomic E-state index is 12.7. The summed E-state index contributed by atoms with van der Waals surface area (Å²) in [6.07, 6.45) is 1.07. The summed E-state index contributed by atoms with van der Waals surface area (Å²) in [6.45, 7) is -0.326. The number of carbonyl (C=O) groups is 1. The van der Waals surface area contributed by atoms with Crippen molar-refractivity contribution in [3.63, 3.8) is 0 Å². The lowest BCUT2D eigenvalue weighted by molar-refractivity contribution is -0.116. The molecule has 0 bridgehead atoms. The summed E-state index contributed by atoms with van der Waals surface area (Å²) < 4.78 is 25.6. The van der Waals surface area contributed by atoms with Crippen molar-refractivity contribution in [3.8, 4) is 0 Å². The third-order valence-electron chi connectivity index (χ3n) is 4.26. The molecule has 1 amide bonds. The van der Waals surface area contributed by atoms with Crippen molar-refractivity contribution in [3.05, 3.63) is 88.4 Å². The Labute approximate surface area is 196 Å². The number of rotatable bonds is 8. The van der Waals surface area contributed by atoms with Gasteiger partial charge >= 0.3 is 0 Å². The van der Waals surface area contributed by atoms with Crippen LogP contribution in [0.4, 0.5) is 5.69 Å². The molecule has 31 heavy (non-hydrogen) atoms. The van der Waals surface area contributed by atoms with Gasteiger partial charge in [-0.05, 0) is 42.0 Å². The molecule has 3 aromatic carbocycles. The minimum atomic E-state index is -3.64. The molecule has 3 rings (SSSR count). The molecule has 0 aliphatic heterocycles. The highest BCUT2D eigenvalue weighted by atomic mass is 35.5. The Hall–Kier alpha value is -2.03. The first kappa shape index (κ1) is 23.6. The van der Waals surface area contributed by atoms with E-state index in [2.05, 4.69) is 5.32 Å². The lowest BCUT2D eigenvalue weighted by Crippen LogP contribution is -2.37. The third-order valence-corrected chi connectivity index (χ3v) is 7.28. The molecule has 9 heteroatoms. The Morgan fingerprint density at radius 2 is 1.65 bits per heavy atom. The Bertz CT molecular complexity index is 1170. The summed E-state index contributed by atoms with van der Waals surface area (Å²) in [6, 6.07) is 22.0. The van der Waals surface area contributed by atoms with Crippen LogP contribution in [0.3, 0.4) is 0 Å². The zero-order chi connectivity index (χ0) is 22.4. The SMILES string of the molecule is CS(=O)(=O)N(CC(=O)Nc1ccccc1Sc1ccccc1)Cc1ccc(Cl)c(Cl)c1. The van der Waals surface area contributed by atoms with Crippen LogP contribution >= 0.6 is 35.0 Å². The normalized spacial score (nSPS) is 11.5. The van der Waals surface area contributed by atoms with Crippen molar-refractivity contribution >= 4 is 56.6 Å². The molecule has 0 fully saturated rings. The molecule has 0 heterocycles. The quantitative estimate of drug-likeness (QED) is 0.445. The van der Waals surface area contributed by atoms with Gasteiger partial charge in [0.25, 0.3) is 0 Å². The summed E-state index contributed by atoms with van der Waals surface area (Å²) in [5.41, 5.74) is 1.25. The van der Waals surface area contributed by atoms with Crippen molar-refractivity contribution in [2.24, 2.45) is 0 Å². The second-order valence-electron chi connectivity index (χ2n) is 6.74. The predicted molar refractivity (Wildman–Crippen MR) is 127 cm³/mol. The molecule has 3 aromatic rings. The monoisotopic (exact) mass is 494 g/mol. The molecule has 5 nitrogen and oxygen atoms in total. The Kier molecular flexibility index (Phi) is 8.02. The van der Waals surface area contributed by atoms with Gasteiger partial charge in [-0.25, -0.2) is 8.42 Å². The van der Waals surface area contributed by atoms with E-state index in [0.29, 0.717) is 21.3 Å². The average molecular weight is 495 g/mol. The minimum absolute atomic E-state index is 0.00353. The van der Waals surface area contributed by atoms with Crippen LogP contribution in [-0.2, 0) is 21.4 Å². The van der Waals surface area contributed by atoms with E-state index in [0.717, 1.165) is 20.4 Å². The van der Waals surface area contributed by atoms with Crippen molar-refractivity contribution < 1.29 is 13.2 Å². The van der Waals surface area contributed by atoms with E-state index < -0.39 is 15.9 Å². The third kappa shape index (κ3) is 6.98. The van der Waals surface area contributed by atoms with Crippen LogP contribution in [0.15, 0.2) is 82.6 Å². The van der Waals surface area contributed by atoms with Gasteiger partial charge < -0.3 is 5.32 Å². The van der Waals surface area contributed by atoms with Gasteiger partial charge in [0, 0.05) is 16.3 Å². The van der Waals surface area contributed by atoms with E-state index in [4.69, 9.17) is 23.2 Å². The summed E-state index contributed by atoms with van der Waals surface area (Å²) in [5.74, 6) is -0.438. The molecule has 0 aliphatic rings. The first-order valence-electron chi connectivity index (χ1n) is 9.23. The van der Waals surface area contributed by atoms with Crippen molar-refractivity contribution in [1.29, 1.82) is 0 Å². The van der Waals surface area contributed by atoms with Gasteiger partial charge in [0.05, 0.1) is 28.5 Å². The number of carbonyl (C=O) groups excluding carboxylic acids is 1. The number of amides is 1. The Balaban J connectivity index is 1.74. The largest absolute Gasteiger partial charge is 0.324 e. The highest BCUT2D eigenvalue weighted by molar-refractivity contribution is 7.99. The molecule has 1 N–H and O–H groups in total. The van der Waals surface area contributed by atoms with Crippen LogP contribution in [0.1, 0.15) is 5.56 Å². The number of hydrogen-bond acceptors (Lipinski definition) is 4. The first-order valence-corrected chi connectivity index (χ1v) is 12.7. The van der Waals surface area contributed by atoms with Gasteiger partial charge in [0.2, 0.25) is 15.9 Å². The van der Waals surface area contributed by atoms with E-state index >= 15 is 0 Å². The van der Waals surface area contributed by atoms with Gasteiger partial charge in [-0.3, -0.25) is 4.79 Å². The molecule has 0 saturated carbocycles. The smallest absolute Gasteiger partial charge is 0.239 e. The highest BCUT2D eigenvalue weighted by Gasteiger charge is 2.21. The molecular weight excluding hydrogens is 475 g/mol. The molecule has 162 valence electrons. The van der Waals surface area contributed by atoms with Crippen LogP contribution < -0.4 is 5.32 Å². The van der Waals surface area contributed by atoms with Crippen LogP contribution in [-0.4, -0.2) is 31.4 Å². The lowest BCUT2D eigenvalue weighted by Gasteiger charge is -2.20. The maximum Gasteiger partial charge on any atom is 0.239 e. The van der Waals surface area contributed by atoms with Gasteiger partial charge in [-0.15, -0.1) is 0 Å². The predicted octanol–water partition coefficient (Wildman–Crippen LogP) is 5.54. The van der Waals surface area contributed by atoms with Gasteiger partial charge in [0.15, 0.2) is 0 Å². The number of hydrogen-bond donors (Lipinski definition) is 1. The molecular formula is C22H20Cl2N2O3S2. The van der Waals surface area contributed by atoms with Crippen molar-refractivity contribution in [2.45, 2.75) is 16.3 Å². The van der Waals surface area contributed by atoms with E-state index in [1.165, 1.54) is 11.8 Å². The standard InChI is InChI=1S/C22H20Cl2N2O3S2/c1-31(28,29)26(14-16-11-12-18(23)19(24)13-16)15-22(27)25-20-9-5-6-10-21(20)30-17-7-3-2-4-8-17/h2-13H,14-15H2,1H3,(H,25,27). The zero-order valence-electron chi connectivity index (χ0n) is 16.6. The first-order chi connectivity index (χ1) is 14.7. The number of para-hydroxylation sites is 1. The van der Waals surface area contributed by atoms with Crippen LogP contribution in [0.25, 0.3) is 0 Å². The molecule has 0 radical (unpaired) electrons. The van der Waals surface area contributed by atoms with E-state index in [9.17, 15) is 13.2 Å². The number of anilines is 1. The van der Waals surface area contributed by atoms with Gasteiger partial charge in [-0.2, -0.15) is 4.31 Å². The highest BCUT2D eigenvalue weighted by Crippen LogP contribution is 2.33. The minimum Gasteiger partial charge on any atom is -0.324 e. The number of nitrogens with zero attached hydrogens (tertiary/aromatic N) is 1. The van der Waals surface area contributed by atoms with Crippen LogP contribution in [0.5, 0.6) is 0 Å².